The zero-order chi connectivity index (χ0) is 28.8. The van der Waals surface area contributed by atoms with Crippen molar-refractivity contribution in [2.24, 2.45) is 0 Å². The van der Waals surface area contributed by atoms with Crippen LogP contribution in [0.2, 0.25) is 0 Å². The first-order valence-corrected chi connectivity index (χ1v) is 14.6. The molecule has 0 fully saturated rings. The van der Waals surface area contributed by atoms with Crippen LogP contribution in [0.4, 0.5) is 0 Å². The largest absolute Gasteiger partial charge is 0.449 e. The number of unbranched alkanes of at least 4 members (excludes halogenated alkanes) is 2. The highest BCUT2D eigenvalue weighted by Gasteiger charge is 2.30. The number of hydrogen-bond donors (Lipinski definition) is 0. The molecule has 0 unspecified atom stereocenters. The summed E-state index contributed by atoms with van der Waals surface area (Å²) in [7, 11) is -3.53. The van der Waals surface area contributed by atoms with Gasteiger partial charge in [0.2, 0.25) is 0 Å². The number of esters is 1. The van der Waals surface area contributed by atoms with Crippen molar-refractivity contribution < 1.29 is 27.5 Å². The molecule has 0 aromatic heterocycles. The Hall–Kier alpha value is -4.98. The van der Waals surface area contributed by atoms with Gasteiger partial charge in [0.1, 0.15) is 5.75 Å². The molecule has 0 saturated heterocycles. The van der Waals surface area contributed by atoms with E-state index in [2.05, 4.69) is 23.7 Å². The molecule has 4 aromatic carbocycles. The van der Waals surface area contributed by atoms with E-state index in [1.807, 2.05) is 24.3 Å². The second kappa shape index (κ2) is 12.0. The Morgan fingerprint density at radius 1 is 0.683 bits per heavy atom. The van der Waals surface area contributed by atoms with Gasteiger partial charge in [-0.2, -0.15) is 0 Å². The van der Waals surface area contributed by atoms with Crippen molar-refractivity contribution in [1.29, 1.82) is 0 Å². The first-order chi connectivity index (χ1) is 19.9. The third-order valence-corrected chi connectivity index (χ3v) is 8.19. The van der Waals surface area contributed by atoms with Crippen LogP contribution in [0.5, 0.6) is 0 Å². The number of fused-ring (bicyclic) bond motifs is 3. The van der Waals surface area contributed by atoms with E-state index in [9.17, 15) is 22.8 Å². The maximum atomic E-state index is 12.9. The molecule has 6 nitrogen and oxygen atoms in total. The number of carbonyl (C=O) groups excluding carboxylic acids is 3. The molecule has 7 heteroatoms. The second-order valence-electron chi connectivity index (χ2n) is 9.34. The molecular weight excluding hydrogens is 536 g/mol. The summed E-state index contributed by atoms with van der Waals surface area (Å²) in [6, 6.07) is 23.5. The molecule has 1 aliphatic carbocycles. The van der Waals surface area contributed by atoms with Crippen molar-refractivity contribution in [3.8, 4) is 23.7 Å². The lowest BCUT2D eigenvalue weighted by atomic mass is 9.83. The predicted molar refractivity (Wildman–Crippen MR) is 155 cm³/mol. The zero-order valence-electron chi connectivity index (χ0n) is 22.0. The summed E-state index contributed by atoms with van der Waals surface area (Å²) in [5.41, 5.74) is 1.28. The van der Waals surface area contributed by atoms with E-state index >= 15 is 0 Å². The van der Waals surface area contributed by atoms with Gasteiger partial charge >= 0.3 is 5.97 Å². The molecule has 4 aromatic rings. The standard InChI is InChI=1S/C34H24O6S/c35-32-27-16-8-9-17-28(27)33(36)30-23-25(19-20-29(30)32)34(37)40-21-10-4-2-1-3-5-11-22-41(38,39)31-18-12-14-24-13-6-7-15-26(24)31/h6-9,12-20,23H,1-3,21-22H2. The van der Waals surface area contributed by atoms with E-state index in [4.69, 9.17) is 4.74 Å². The van der Waals surface area contributed by atoms with Crippen LogP contribution in [-0.2, 0) is 14.6 Å². The minimum absolute atomic E-state index is 0.124. The summed E-state index contributed by atoms with van der Waals surface area (Å²) < 4.78 is 30.7. The molecule has 1 aliphatic rings. The Morgan fingerprint density at radius 3 is 2.10 bits per heavy atom. The van der Waals surface area contributed by atoms with E-state index in [1.54, 1.807) is 42.5 Å². The van der Waals surface area contributed by atoms with Crippen molar-refractivity contribution in [2.75, 3.05) is 12.4 Å². The van der Waals surface area contributed by atoms with E-state index in [1.165, 1.54) is 18.2 Å². The number of rotatable bonds is 6. The van der Waals surface area contributed by atoms with Gasteiger partial charge in [0.25, 0.3) is 0 Å². The molecule has 5 rings (SSSR count). The van der Waals surface area contributed by atoms with Gasteiger partial charge in [0.15, 0.2) is 28.0 Å². The second-order valence-corrected chi connectivity index (χ2v) is 11.3. The van der Waals surface area contributed by atoms with Crippen molar-refractivity contribution >= 4 is 38.1 Å². The van der Waals surface area contributed by atoms with Crippen molar-refractivity contribution in [3.05, 3.63) is 113 Å². The minimum atomic E-state index is -3.53. The van der Waals surface area contributed by atoms with Crippen LogP contribution in [0.15, 0.2) is 89.8 Å². The van der Waals surface area contributed by atoms with Crippen LogP contribution in [0.3, 0.4) is 0 Å². The van der Waals surface area contributed by atoms with Crippen LogP contribution in [0.25, 0.3) is 10.8 Å². The average Bonchev–Trinajstić information content (AvgIpc) is 3.00. The Labute approximate surface area is 238 Å². The molecule has 0 atom stereocenters. The molecule has 0 aliphatic heterocycles. The molecule has 0 saturated carbocycles. The van der Waals surface area contributed by atoms with Crippen molar-refractivity contribution in [1.82, 2.24) is 0 Å². The topological polar surface area (TPSA) is 94.6 Å². The molecule has 0 amide bonds. The van der Waals surface area contributed by atoms with Gasteiger partial charge in [-0.25, -0.2) is 13.2 Å². The van der Waals surface area contributed by atoms with Crippen LogP contribution < -0.4 is 0 Å². The Kier molecular flexibility index (Phi) is 8.10. The number of ketones is 2. The SMILES string of the molecule is O=C(OCC#CCCCC#CCS(=O)(=O)c1cccc2ccccc12)c1ccc2c(c1)C(=O)c1ccccc1C2=O. The molecule has 202 valence electrons. The fourth-order valence-electron chi connectivity index (χ4n) is 4.59. The molecule has 0 spiro atoms. The summed E-state index contributed by atoms with van der Waals surface area (Å²) in [6.45, 7) is -0.124. The highest BCUT2D eigenvalue weighted by atomic mass is 32.2. The molecule has 0 N–H and O–H groups in total. The first-order valence-electron chi connectivity index (χ1n) is 13.0. The van der Waals surface area contributed by atoms with Gasteiger partial charge in [-0.15, -0.1) is 5.92 Å². The lowest BCUT2D eigenvalue weighted by molar-refractivity contribution is 0.0556. The molecular formula is C34H24O6S. The predicted octanol–water partition coefficient (Wildman–Crippen LogP) is 5.42. The molecule has 0 bridgehead atoms. The summed E-state index contributed by atoms with van der Waals surface area (Å²) >= 11 is 0. The van der Waals surface area contributed by atoms with Gasteiger partial charge in [0.05, 0.1) is 10.5 Å². The maximum Gasteiger partial charge on any atom is 0.339 e. The molecule has 41 heavy (non-hydrogen) atoms. The molecule has 0 radical (unpaired) electrons. The average molecular weight is 561 g/mol. The Bertz CT molecular complexity index is 1930. The summed E-state index contributed by atoms with van der Waals surface area (Å²) in [4.78, 5) is 38.3. The van der Waals surface area contributed by atoms with E-state index in [-0.39, 0.29) is 45.5 Å². The van der Waals surface area contributed by atoms with E-state index < -0.39 is 15.8 Å². The third-order valence-electron chi connectivity index (χ3n) is 6.64. The zero-order valence-corrected chi connectivity index (χ0v) is 22.8. The van der Waals surface area contributed by atoms with Gasteiger partial charge in [-0.1, -0.05) is 78.4 Å². The number of sulfone groups is 1. The highest BCUT2D eigenvalue weighted by molar-refractivity contribution is 7.91. The molecule has 0 heterocycles. The smallest absolute Gasteiger partial charge is 0.339 e. The minimum Gasteiger partial charge on any atom is -0.449 e. The van der Waals surface area contributed by atoms with Crippen molar-refractivity contribution in [2.45, 2.75) is 24.2 Å². The van der Waals surface area contributed by atoms with Gasteiger partial charge in [0, 0.05) is 40.5 Å². The van der Waals surface area contributed by atoms with Crippen LogP contribution in [-0.4, -0.2) is 38.3 Å². The van der Waals surface area contributed by atoms with Crippen LogP contribution in [0, 0.1) is 23.7 Å². The van der Waals surface area contributed by atoms with Crippen LogP contribution >= 0.6 is 0 Å². The fraction of sp³-hybridized carbons (Fsp3) is 0.147. The van der Waals surface area contributed by atoms with Gasteiger partial charge in [-0.3, -0.25) is 9.59 Å². The number of ether oxygens (including phenoxy) is 1. The van der Waals surface area contributed by atoms with Gasteiger partial charge in [-0.05, 0) is 36.1 Å². The quantitative estimate of drug-likeness (QED) is 0.156. The highest BCUT2D eigenvalue weighted by Crippen LogP contribution is 2.28. The number of carbonyl (C=O) groups is 3. The number of hydrogen-bond acceptors (Lipinski definition) is 6. The lowest BCUT2D eigenvalue weighted by Gasteiger charge is -2.17. The number of benzene rings is 4. The third kappa shape index (κ3) is 5.96. The first kappa shape index (κ1) is 27.6. The fourth-order valence-corrected chi connectivity index (χ4v) is 5.85. The van der Waals surface area contributed by atoms with Crippen molar-refractivity contribution in [3.63, 3.8) is 0 Å². The van der Waals surface area contributed by atoms with E-state index in [0.29, 0.717) is 35.8 Å². The normalized spacial score (nSPS) is 11.9. The summed E-state index contributed by atoms with van der Waals surface area (Å²) in [5.74, 6) is 9.88. The van der Waals surface area contributed by atoms with Gasteiger partial charge < -0.3 is 4.74 Å². The summed E-state index contributed by atoms with van der Waals surface area (Å²) in [5, 5.41) is 1.56. The van der Waals surface area contributed by atoms with Crippen LogP contribution in [0.1, 0.15) is 61.5 Å². The Balaban J connectivity index is 1.08. The monoisotopic (exact) mass is 560 g/mol. The summed E-state index contributed by atoms with van der Waals surface area (Å²) in [6.07, 6.45) is 1.65. The lowest BCUT2D eigenvalue weighted by Crippen LogP contribution is -2.21. The Morgan fingerprint density at radius 2 is 1.32 bits per heavy atom. The maximum absolute atomic E-state index is 12.9. The van der Waals surface area contributed by atoms with E-state index in [0.717, 1.165) is 5.39 Å².